The Morgan fingerprint density at radius 1 is 0.442 bits per heavy atom. The van der Waals surface area contributed by atoms with E-state index in [0.29, 0.717) is 0 Å². The van der Waals surface area contributed by atoms with E-state index in [1.807, 2.05) is 12.4 Å². The quantitative estimate of drug-likeness (QED) is 0.0691. The smallest absolute Gasteiger partial charge is 0.0593 e. The maximum absolute atomic E-state index is 5.04. The summed E-state index contributed by atoms with van der Waals surface area (Å²) in [6.07, 6.45) is 5.91. The fourth-order valence-electron chi connectivity index (χ4n) is 7.49. The summed E-state index contributed by atoms with van der Waals surface area (Å²) in [6, 6.07) is 51.6. The predicted octanol–water partition coefficient (Wildman–Crippen LogP) is 11.1. The number of hydrogen-bond donors (Lipinski definition) is 0. The minimum absolute atomic E-state index is 0.794. The van der Waals surface area contributed by atoms with Crippen LogP contribution in [0.5, 0.6) is 0 Å². The van der Waals surface area contributed by atoms with Gasteiger partial charge in [0.05, 0.1) is 23.8 Å². The number of anilines is 2. The largest absolute Gasteiger partial charge is 0.341 e. The second-order valence-corrected chi connectivity index (χ2v) is 13.2. The maximum Gasteiger partial charge on any atom is 0.0593 e. The van der Waals surface area contributed by atoms with Gasteiger partial charge in [0.15, 0.2) is 0 Å². The second kappa shape index (κ2) is 15.0. The fraction of sp³-hybridized carbons (Fsp3) is 0.174. The standard InChI is InChI=1S/C46H44N6/c1-3-49-43-23-13-11-21-39(43)41-31-35(25-27-45(41)49)33-47-51(37-17-7-5-8-18-37)29-15-16-30-52(38-19-9-6-10-20-38)48-34-36-26-28-46-42(32-36)40-22-12-14-24-44(40)50(46)4-2/h5-14,17-28,31-34H,3-4,15-16,29-30H2,1-2H3/b47-33+,48-34+. The molecule has 0 N–H and O–H groups in total. The fourth-order valence-corrected chi connectivity index (χ4v) is 7.49. The van der Waals surface area contributed by atoms with E-state index in [0.717, 1.165) is 61.5 Å². The molecule has 0 bridgehead atoms. The van der Waals surface area contributed by atoms with Gasteiger partial charge >= 0.3 is 0 Å². The number of aromatic nitrogens is 2. The SMILES string of the molecule is CCn1c2ccccc2c2cc(/C=N/N(CCCCN(/N=C/c3ccc4c(c3)c3ccccc3n4CC)c3ccccc3)c3ccccc3)ccc21. The number of benzene rings is 6. The zero-order chi connectivity index (χ0) is 35.3. The molecule has 52 heavy (non-hydrogen) atoms. The molecule has 0 saturated heterocycles. The second-order valence-electron chi connectivity index (χ2n) is 13.2. The number of nitrogens with zero attached hydrogens (tertiary/aromatic N) is 6. The van der Waals surface area contributed by atoms with Crippen LogP contribution in [0.25, 0.3) is 43.6 Å². The van der Waals surface area contributed by atoms with Gasteiger partial charge in [-0.3, -0.25) is 10.0 Å². The minimum atomic E-state index is 0.794. The molecule has 0 fully saturated rings. The van der Waals surface area contributed by atoms with Crippen LogP contribution < -0.4 is 10.0 Å². The van der Waals surface area contributed by atoms with Crippen molar-refractivity contribution >= 4 is 67.4 Å². The Kier molecular flexibility index (Phi) is 9.53. The highest BCUT2D eigenvalue weighted by Gasteiger charge is 2.12. The van der Waals surface area contributed by atoms with Gasteiger partial charge in [0.25, 0.3) is 0 Å². The molecule has 0 saturated carbocycles. The molecule has 8 aromatic rings. The lowest BCUT2D eigenvalue weighted by Crippen LogP contribution is -2.22. The van der Waals surface area contributed by atoms with Crippen LogP contribution >= 0.6 is 0 Å². The van der Waals surface area contributed by atoms with Crippen molar-refractivity contribution < 1.29 is 0 Å². The van der Waals surface area contributed by atoms with Crippen molar-refractivity contribution in [1.29, 1.82) is 0 Å². The van der Waals surface area contributed by atoms with Crippen molar-refractivity contribution in [3.05, 3.63) is 157 Å². The summed E-state index contributed by atoms with van der Waals surface area (Å²) in [7, 11) is 0. The number of hydrogen-bond acceptors (Lipinski definition) is 4. The van der Waals surface area contributed by atoms with Crippen LogP contribution in [0.2, 0.25) is 0 Å². The third-order valence-corrected chi connectivity index (χ3v) is 10.0. The first-order chi connectivity index (χ1) is 25.7. The molecule has 8 rings (SSSR count). The van der Waals surface area contributed by atoms with Crippen molar-refractivity contribution in [2.45, 2.75) is 39.8 Å². The van der Waals surface area contributed by atoms with Crippen LogP contribution in [0.15, 0.2) is 156 Å². The molecule has 0 amide bonds. The van der Waals surface area contributed by atoms with E-state index in [9.17, 15) is 0 Å². The number of para-hydroxylation sites is 4. The molecule has 0 aliphatic heterocycles. The molecule has 0 spiro atoms. The van der Waals surface area contributed by atoms with Crippen molar-refractivity contribution in [3.8, 4) is 0 Å². The van der Waals surface area contributed by atoms with E-state index in [2.05, 4.69) is 179 Å². The minimum Gasteiger partial charge on any atom is -0.341 e. The molecule has 0 radical (unpaired) electrons. The molecule has 0 aliphatic rings. The lowest BCUT2D eigenvalue weighted by molar-refractivity contribution is 0.681. The molecular weight excluding hydrogens is 637 g/mol. The number of aryl methyl sites for hydroxylation is 2. The Bertz CT molecular complexity index is 2330. The maximum atomic E-state index is 5.04. The molecule has 2 aromatic heterocycles. The van der Waals surface area contributed by atoms with Crippen molar-refractivity contribution in [2.24, 2.45) is 10.2 Å². The molecule has 6 nitrogen and oxygen atoms in total. The molecule has 6 aromatic carbocycles. The lowest BCUT2D eigenvalue weighted by atomic mass is 10.1. The monoisotopic (exact) mass is 680 g/mol. The van der Waals surface area contributed by atoms with Crippen LogP contribution in [-0.4, -0.2) is 34.7 Å². The third kappa shape index (κ3) is 6.56. The summed E-state index contributed by atoms with van der Waals surface area (Å²) in [5, 5.41) is 19.4. The highest BCUT2D eigenvalue weighted by molar-refractivity contribution is 6.10. The van der Waals surface area contributed by atoms with Gasteiger partial charge in [-0.1, -0.05) is 84.9 Å². The summed E-state index contributed by atoms with van der Waals surface area (Å²) < 4.78 is 4.77. The van der Waals surface area contributed by atoms with Crippen LogP contribution in [0.3, 0.4) is 0 Å². The van der Waals surface area contributed by atoms with Gasteiger partial charge in [0, 0.05) is 69.8 Å². The first-order valence-corrected chi connectivity index (χ1v) is 18.5. The van der Waals surface area contributed by atoms with E-state index >= 15 is 0 Å². The normalized spacial score (nSPS) is 12.0. The van der Waals surface area contributed by atoms with E-state index < -0.39 is 0 Å². The molecule has 2 heterocycles. The molecular formula is C46H44N6. The number of hydrazone groups is 2. The lowest BCUT2D eigenvalue weighted by Gasteiger charge is -2.22. The first-order valence-electron chi connectivity index (χ1n) is 18.5. The Balaban J connectivity index is 0.996. The van der Waals surface area contributed by atoms with Crippen LogP contribution in [0.4, 0.5) is 11.4 Å². The van der Waals surface area contributed by atoms with Gasteiger partial charge in [-0.05, 0) is 98.5 Å². The van der Waals surface area contributed by atoms with Gasteiger partial charge < -0.3 is 9.13 Å². The zero-order valence-corrected chi connectivity index (χ0v) is 29.9. The summed E-state index contributed by atoms with van der Waals surface area (Å²) in [5.74, 6) is 0. The van der Waals surface area contributed by atoms with Crippen molar-refractivity contribution in [3.63, 3.8) is 0 Å². The van der Waals surface area contributed by atoms with Gasteiger partial charge in [-0.2, -0.15) is 10.2 Å². The zero-order valence-electron chi connectivity index (χ0n) is 29.9. The van der Waals surface area contributed by atoms with Crippen LogP contribution in [-0.2, 0) is 13.1 Å². The Morgan fingerprint density at radius 3 is 1.25 bits per heavy atom. The van der Waals surface area contributed by atoms with Gasteiger partial charge in [0.1, 0.15) is 0 Å². The van der Waals surface area contributed by atoms with Gasteiger partial charge in [0.2, 0.25) is 0 Å². The summed E-state index contributed by atoms with van der Waals surface area (Å²) >= 11 is 0. The average molecular weight is 681 g/mol. The van der Waals surface area contributed by atoms with Crippen LogP contribution in [0, 0.1) is 0 Å². The van der Waals surface area contributed by atoms with Crippen LogP contribution in [0.1, 0.15) is 37.8 Å². The van der Waals surface area contributed by atoms with E-state index in [1.165, 1.54) is 43.6 Å². The Labute approximate surface area is 305 Å². The van der Waals surface area contributed by atoms with Crippen molar-refractivity contribution in [1.82, 2.24) is 9.13 Å². The summed E-state index contributed by atoms with van der Waals surface area (Å²) in [5.41, 5.74) is 9.42. The first kappa shape index (κ1) is 33.0. The molecule has 0 aliphatic carbocycles. The van der Waals surface area contributed by atoms with E-state index in [-0.39, 0.29) is 0 Å². The molecule has 0 unspecified atom stereocenters. The Hall–Kier alpha value is -6.14. The van der Waals surface area contributed by atoms with Crippen molar-refractivity contribution in [2.75, 3.05) is 23.1 Å². The summed E-state index contributed by atoms with van der Waals surface area (Å²) in [4.78, 5) is 0. The molecule has 6 heteroatoms. The highest BCUT2D eigenvalue weighted by Crippen LogP contribution is 2.31. The highest BCUT2D eigenvalue weighted by atomic mass is 15.5. The van der Waals surface area contributed by atoms with Gasteiger partial charge in [-0.25, -0.2) is 0 Å². The Morgan fingerprint density at radius 2 is 0.827 bits per heavy atom. The topological polar surface area (TPSA) is 41.1 Å². The van der Waals surface area contributed by atoms with Gasteiger partial charge in [-0.15, -0.1) is 0 Å². The van der Waals surface area contributed by atoms with E-state index in [1.54, 1.807) is 0 Å². The third-order valence-electron chi connectivity index (χ3n) is 10.0. The summed E-state index contributed by atoms with van der Waals surface area (Å²) in [6.45, 7) is 7.88. The van der Waals surface area contributed by atoms with E-state index in [4.69, 9.17) is 10.2 Å². The number of rotatable bonds is 13. The number of unbranched alkanes of at least 4 members (excludes halogenated alkanes) is 1. The average Bonchev–Trinajstić information content (AvgIpc) is 3.70. The molecule has 258 valence electrons. The number of fused-ring (bicyclic) bond motifs is 6. The molecule has 0 atom stereocenters. The predicted molar refractivity (Wildman–Crippen MR) is 222 cm³/mol.